The summed E-state index contributed by atoms with van der Waals surface area (Å²) < 4.78 is 0. The smallest absolute Gasteiger partial charge is 0.0452 e. The summed E-state index contributed by atoms with van der Waals surface area (Å²) in [6.07, 6.45) is 2.00. The first-order valence-corrected chi connectivity index (χ1v) is 13.8. The third-order valence-corrected chi connectivity index (χ3v) is 8.34. The average Bonchev–Trinajstić information content (AvgIpc) is 3.54. The van der Waals surface area contributed by atoms with E-state index in [1.165, 1.54) is 67.3 Å². The number of benzene rings is 5. The second-order valence-corrected chi connectivity index (χ2v) is 10.3. The van der Waals surface area contributed by atoms with Crippen LogP contribution in [0.25, 0.3) is 22.3 Å². The Hall–Kier alpha value is -4.30. The first kappa shape index (κ1) is 22.9. The Morgan fingerprint density at radius 3 is 1.26 bits per heavy atom. The summed E-state index contributed by atoms with van der Waals surface area (Å²) in [5.41, 5.74) is 16.4. The van der Waals surface area contributed by atoms with Gasteiger partial charge in [-0.25, -0.2) is 0 Å². The minimum Gasteiger partial charge on any atom is -0.342 e. The Morgan fingerprint density at radius 2 is 0.842 bits per heavy atom. The molecule has 5 aromatic rings. The van der Waals surface area contributed by atoms with Crippen molar-refractivity contribution in [1.29, 1.82) is 0 Å². The molecule has 0 saturated heterocycles. The number of hydrogen-bond donors (Lipinski definition) is 0. The monoisotopic (exact) mass is 492 g/mol. The van der Waals surface area contributed by atoms with Crippen LogP contribution in [0.5, 0.6) is 0 Å². The molecule has 0 N–H and O–H groups in total. The van der Waals surface area contributed by atoms with Gasteiger partial charge in [0.2, 0.25) is 0 Å². The number of nitrogens with zero attached hydrogens (tertiary/aromatic N) is 2. The van der Waals surface area contributed by atoms with E-state index < -0.39 is 0 Å². The molecule has 0 saturated carbocycles. The summed E-state index contributed by atoms with van der Waals surface area (Å²) in [6.45, 7) is 6.35. The van der Waals surface area contributed by atoms with Crippen molar-refractivity contribution >= 4 is 22.7 Å². The van der Waals surface area contributed by atoms with Crippen molar-refractivity contribution in [2.24, 2.45) is 0 Å². The minimum atomic E-state index is 0.925. The van der Waals surface area contributed by atoms with Crippen molar-refractivity contribution in [2.45, 2.75) is 26.7 Å². The van der Waals surface area contributed by atoms with Crippen molar-refractivity contribution < 1.29 is 0 Å². The normalized spacial score (nSPS) is 12.5. The molecular formula is C36H32N2. The maximum absolute atomic E-state index is 2.46. The van der Waals surface area contributed by atoms with Gasteiger partial charge in [0.25, 0.3) is 0 Å². The van der Waals surface area contributed by atoms with Gasteiger partial charge in [-0.3, -0.25) is 0 Å². The van der Waals surface area contributed by atoms with Gasteiger partial charge in [0, 0.05) is 48.7 Å². The quantitative estimate of drug-likeness (QED) is 0.228. The third-order valence-electron chi connectivity index (χ3n) is 8.34. The molecule has 0 heterocycles. The maximum Gasteiger partial charge on any atom is 0.0452 e. The largest absolute Gasteiger partial charge is 0.342 e. The predicted molar refractivity (Wildman–Crippen MR) is 161 cm³/mol. The highest BCUT2D eigenvalue weighted by molar-refractivity contribution is 5.86. The molecule has 0 aromatic heterocycles. The van der Waals surface area contributed by atoms with Crippen LogP contribution in [0.1, 0.15) is 36.1 Å². The second-order valence-electron chi connectivity index (χ2n) is 10.3. The molecule has 0 atom stereocenters. The molecule has 0 unspecified atom stereocenters. The van der Waals surface area contributed by atoms with E-state index in [4.69, 9.17) is 0 Å². The lowest BCUT2D eigenvalue weighted by Gasteiger charge is -2.29. The highest BCUT2D eigenvalue weighted by Gasteiger charge is 2.25. The fraction of sp³-hybridized carbons (Fsp3) is 0.167. The molecular weight excluding hydrogens is 460 g/mol. The maximum atomic E-state index is 2.46. The van der Waals surface area contributed by atoms with E-state index in [0.29, 0.717) is 0 Å². The van der Waals surface area contributed by atoms with Crippen molar-refractivity contribution in [2.75, 3.05) is 22.9 Å². The predicted octanol–water partition coefficient (Wildman–Crippen LogP) is 9.14. The van der Waals surface area contributed by atoms with E-state index >= 15 is 0 Å². The van der Waals surface area contributed by atoms with Crippen LogP contribution in [0.4, 0.5) is 22.7 Å². The first-order chi connectivity index (χ1) is 18.8. The van der Waals surface area contributed by atoms with Gasteiger partial charge in [-0.2, -0.15) is 0 Å². The average molecular weight is 493 g/mol. The van der Waals surface area contributed by atoms with E-state index in [9.17, 15) is 0 Å². The number of rotatable bonds is 6. The summed E-state index contributed by atoms with van der Waals surface area (Å²) >= 11 is 0. The Morgan fingerprint density at radius 1 is 0.447 bits per heavy atom. The lowest BCUT2D eigenvalue weighted by molar-refractivity contribution is 0.998. The molecule has 2 aliphatic rings. The molecule has 186 valence electrons. The molecule has 2 heteroatoms. The highest BCUT2D eigenvalue weighted by atomic mass is 15.1. The Labute approximate surface area is 225 Å². The fourth-order valence-electron chi connectivity index (χ4n) is 6.58. The van der Waals surface area contributed by atoms with Gasteiger partial charge in [0.05, 0.1) is 0 Å². The first-order valence-electron chi connectivity index (χ1n) is 13.8. The fourth-order valence-corrected chi connectivity index (χ4v) is 6.58. The van der Waals surface area contributed by atoms with Crippen LogP contribution in [-0.4, -0.2) is 13.1 Å². The standard InChI is InChI=1S/C36H32N2/c1-3-37(35-17-9-15-31-29-13-7-5-11-25(29)23-33(31)35)27-19-21-28(22-20-27)38(4-2)36-18-10-16-32-30-14-8-6-12-26(30)24-34(32)36/h5-22H,3-4,23-24H2,1-2H3. The molecule has 0 amide bonds. The molecule has 0 radical (unpaired) electrons. The summed E-state index contributed by atoms with van der Waals surface area (Å²) in [5, 5.41) is 0. The van der Waals surface area contributed by atoms with Gasteiger partial charge in [-0.1, -0.05) is 72.8 Å². The van der Waals surface area contributed by atoms with Crippen LogP contribution in [0.15, 0.2) is 109 Å². The van der Waals surface area contributed by atoms with Crippen LogP contribution in [0.3, 0.4) is 0 Å². The van der Waals surface area contributed by atoms with Crippen LogP contribution >= 0.6 is 0 Å². The van der Waals surface area contributed by atoms with Gasteiger partial charge < -0.3 is 9.80 Å². The Kier molecular flexibility index (Phi) is 5.55. The summed E-state index contributed by atoms with van der Waals surface area (Å²) in [6, 6.07) is 40.4. The topological polar surface area (TPSA) is 6.48 Å². The van der Waals surface area contributed by atoms with E-state index in [1.807, 2.05) is 0 Å². The van der Waals surface area contributed by atoms with Crippen molar-refractivity contribution in [3.63, 3.8) is 0 Å². The van der Waals surface area contributed by atoms with E-state index in [0.717, 1.165) is 25.9 Å². The summed E-state index contributed by atoms with van der Waals surface area (Å²) in [5.74, 6) is 0. The molecule has 0 aliphatic heterocycles. The molecule has 5 aromatic carbocycles. The summed E-state index contributed by atoms with van der Waals surface area (Å²) in [7, 11) is 0. The number of anilines is 4. The lowest BCUT2D eigenvalue weighted by Crippen LogP contribution is -2.19. The van der Waals surface area contributed by atoms with Crippen molar-refractivity contribution in [3.05, 3.63) is 131 Å². The molecule has 0 spiro atoms. The summed E-state index contributed by atoms with van der Waals surface area (Å²) in [4.78, 5) is 4.92. The third kappa shape index (κ3) is 3.55. The molecule has 2 aliphatic carbocycles. The zero-order valence-corrected chi connectivity index (χ0v) is 22.1. The highest BCUT2D eigenvalue weighted by Crippen LogP contribution is 2.45. The van der Waals surface area contributed by atoms with Crippen LogP contribution in [0.2, 0.25) is 0 Å². The van der Waals surface area contributed by atoms with Crippen LogP contribution in [0, 0.1) is 0 Å². The van der Waals surface area contributed by atoms with Gasteiger partial charge in [-0.05, 0) is 94.8 Å². The molecule has 38 heavy (non-hydrogen) atoms. The van der Waals surface area contributed by atoms with Gasteiger partial charge in [0.15, 0.2) is 0 Å². The van der Waals surface area contributed by atoms with E-state index in [2.05, 4.69) is 133 Å². The zero-order valence-electron chi connectivity index (χ0n) is 22.1. The van der Waals surface area contributed by atoms with Crippen LogP contribution < -0.4 is 9.80 Å². The number of fused-ring (bicyclic) bond motifs is 6. The van der Waals surface area contributed by atoms with Gasteiger partial charge >= 0.3 is 0 Å². The zero-order chi connectivity index (χ0) is 25.6. The van der Waals surface area contributed by atoms with Crippen molar-refractivity contribution in [1.82, 2.24) is 0 Å². The molecule has 7 rings (SSSR count). The molecule has 2 nitrogen and oxygen atoms in total. The number of hydrogen-bond acceptors (Lipinski definition) is 2. The lowest BCUT2D eigenvalue weighted by atomic mass is 10.0. The minimum absolute atomic E-state index is 0.925. The van der Waals surface area contributed by atoms with Crippen molar-refractivity contribution in [3.8, 4) is 22.3 Å². The Bertz CT molecular complexity index is 1520. The SMILES string of the molecule is CCN(c1ccc(N(CC)c2cccc3c2Cc2ccccc2-3)cc1)c1cccc2c1Cc1ccccc1-2. The van der Waals surface area contributed by atoms with E-state index in [-0.39, 0.29) is 0 Å². The van der Waals surface area contributed by atoms with E-state index in [1.54, 1.807) is 0 Å². The van der Waals surface area contributed by atoms with Gasteiger partial charge in [-0.15, -0.1) is 0 Å². The Balaban J connectivity index is 1.22. The van der Waals surface area contributed by atoms with Crippen LogP contribution in [-0.2, 0) is 12.8 Å². The van der Waals surface area contributed by atoms with Gasteiger partial charge in [0.1, 0.15) is 0 Å². The molecule has 0 fully saturated rings. The second kappa shape index (κ2) is 9.22. The molecule has 0 bridgehead atoms.